The van der Waals surface area contributed by atoms with E-state index in [1.165, 1.54) is 22.5 Å². The van der Waals surface area contributed by atoms with Crippen molar-refractivity contribution < 1.29 is 17.9 Å². The van der Waals surface area contributed by atoms with Crippen molar-refractivity contribution in [3.63, 3.8) is 0 Å². The second kappa shape index (κ2) is 8.12. The molecule has 2 fully saturated rings. The number of halogens is 1. The van der Waals surface area contributed by atoms with Gasteiger partial charge in [-0.15, -0.1) is 0 Å². The van der Waals surface area contributed by atoms with Crippen molar-refractivity contribution in [2.24, 2.45) is 0 Å². The third-order valence-corrected chi connectivity index (χ3v) is 7.00. The van der Waals surface area contributed by atoms with Gasteiger partial charge < -0.3 is 14.5 Å². The maximum atomic E-state index is 12.6. The third-order valence-electron chi connectivity index (χ3n) is 4.81. The highest BCUT2D eigenvalue weighted by atomic mass is 35.5. The van der Waals surface area contributed by atoms with E-state index in [0.717, 1.165) is 25.9 Å². The van der Waals surface area contributed by atoms with Crippen LogP contribution in [0.15, 0.2) is 23.1 Å². The van der Waals surface area contributed by atoms with Crippen LogP contribution in [0, 0.1) is 0 Å². The summed E-state index contributed by atoms with van der Waals surface area (Å²) in [7, 11) is -1.49. The average Bonchev–Trinajstić information content (AvgIpc) is 3.16. The molecule has 0 N–H and O–H groups in total. The minimum absolute atomic E-state index is 0.0945. The highest BCUT2D eigenvalue weighted by Crippen LogP contribution is 2.29. The topological polar surface area (TPSA) is 70.2 Å². The van der Waals surface area contributed by atoms with Crippen LogP contribution in [0.5, 0.6) is 5.75 Å². The molecule has 1 amide bonds. The van der Waals surface area contributed by atoms with E-state index in [9.17, 15) is 13.2 Å². The van der Waals surface area contributed by atoms with Crippen LogP contribution in [0.4, 0.5) is 0 Å². The molecule has 26 heavy (non-hydrogen) atoms. The number of hydrogen-bond acceptors (Lipinski definition) is 5. The summed E-state index contributed by atoms with van der Waals surface area (Å²) < 4.78 is 32.1. The van der Waals surface area contributed by atoms with Crippen LogP contribution in [0.2, 0.25) is 5.02 Å². The van der Waals surface area contributed by atoms with E-state index < -0.39 is 10.0 Å². The number of amides is 1. The molecule has 0 bridgehead atoms. The van der Waals surface area contributed by atoms with E-state index in [1.807, 2.05) is 7.05 Å². The van der Waals surface area contributed by atoms with Crippen molar-refractivity contribution >= 4 is 27.5 Å². The minimum atomic E-state index is -3.52. The summed E-state index contributed by atoms with van der Waals surface area (Å²) in [6.45, 7) is 4.01. The molecular formula is C17H24ClN3O4S. The van der Waals surface area contributed by atoms with Crippen LogP contribution in [-0.4, -0.2) is 81.4 Å². The zero-order chi connectivity index (χ0) is 18.7. The lowest BCUT2D eigenvalue weighted by Crippen LogP contribution is -2.48. The molecule has 0 unspecified atom stereocenters. The molecule has 2 aliphatic rings. The number of rotatable bonds is 5. The van der Waals surface area contributed by atoms with Crippen LogP contribution in [0.1, 0.15) is 12.8 Å². The van der Waals surface area contributed by atoms with E-state index in [4.69, 9.17) is 16.3 Å². The Bertz CT molecular complexity index is 757. The molecule has 0 aliphatic carbocycles. The predicted molar refractivity (Wildman–Crippen MR) is 99.0 cm³/mol. The van der Waals surface area contributed by atoms with Crippen LogP contribution >= 0.6 is 11.6 Å². The van der Waals surface area contributed by atoms with Gasteiger partial charge in [-0.05, 0) is 38.1 Å². The minimum Gasteiger partial charge on any atom is -0.482 e. The van der Waals surface area contributed by atoms with Crippen molar-refractivity contribution in [1.29, 1.82) is 0 Å². The first kappa shape index (κ1) is 19.4. The first-order valence-corrected chi connectivity index (χ1v) is 10.6. The lowest BCUT2D eigenvalue weighted by Gasteiger charge is -2.32. The molecule has 2 saturated heterocycles. The van der Waals surface area contributed by atoms with Gasteiger partial charge in [-0.3, -0.25) is 4.79 Å². The second-order valence-corrected chi connectivity index (χ2v) is 9.02. The van der Waals surface area contributed by atoms with E-state index in [-0.39, 0.29) is 22.4 Å². The summed E-state index contributed by atoms with van der Waals surface area (Å²) in [5.74, 6) is 0.220. The van der Waals surface area contributed by atoms with Crippen molar-refractivity contribution in [2.45, 2.75) is 17.7 Å². The van der Waals surface area contributed by atoms with Gasteiger partial charge in [0.25, 0.3) is 5.91 Å². The summed E-state index contributed by atoms with van der Waals surface area (Å²) in [5.41, 5.74) is 0. The highest BCUT2D eigenvalue weighted by molar-refractivity contribution is 7.89. The van der Waals surface area contributed by atoms with Gasteiger partial charge in [-0.25, -0.2) is 8.42 Å². The first-order chi connectivity index (χ1) is 12.4. The Morgan fingerprint density at radius 1 is 1.12 bits per heavy atom. The van der Waals surface area contributed by atoms with Crippen LogP contribution < -0.4 is 4.74 Å². The maximum Gasteiger partial charge on any atom is 0.260 e. The van der Waals surface area contributed by atoms with Crippen molar-refractivity contribution in [1.82, 2.24) is 14.1 Å². The van der Waals surface area contributed by atoms with Crippen molar-refractivity contribution in [2.75, 3.05) is 52.9 Å². The SMILES string of the molecule is CN1CCN(C(=O)COc2ccc(S(=O)(=O)N3CCCC3)cc2Cl)CC1. The fraction of sp³-hybridized carbons (Fsp3) is 0.588. The van der Waals surface area contributed by atoms with Gasteiger partial charge in [0.2, 0.25) is 10.0 Å². The quantitative estimate of drug-likeness (QED) is 0.743. The average molecular weight is 402 g/mol. The Morgan fingerprint density at radius 2 is 1.77 bits per heavy atom. The van der Waals surface area contributed by atoms with Gasteiger partial charge in [0.1, 0.15) is 5.75 Å². The molecule has 9 heteroatoms. The van der Waals surface area contributed by atoms with Gasteiger partial charge in [-0.2, -0.15) is 4.31 Å². The molecule has 1 aromatic rings. The van der Waals surface area contributed by atoms with Gasteiger partial charge in [-0.1, -0.05) is 11.6 Å². The normalized spacial score (nSPS) is 19.7. The predicted octanol–water partition coefficient (Wildman–Crippen LogP) is 1.28. The summed E-state index contributed by atoms with van der Waals surface area (Å²) in [6, 6.07) is 4.39. The summed E-state index contributed by atoms with van der Waals surface area (Å²) >= 11 is 6.19. The molecule has 0 radical (unpaired) electrons. The van der Waals surface area contributed by atoms with Gasteiger partial charge in [0.05, 0.1) is 9.92 Å². The van der Waals surface area contributed by atoms with Gasteiger partial charge >= 0.3 is 0 Å². The van der Waals surface area contributed by atoms with E-state index in [2.05, 4.69) is 4.90 Å². The zero-order valence-electron chi connectivity index (χ0n) is 14.9. The number of carbonyl (C=O) groups is 1. The van der Waals surface area contributed by atoms with Crippen LogP contribution in [-0.2, 0) is 14.8 Å². The molecule has 0 aromatic heterocycles. The number of likely N-dealkylation sites (N-methyl/N-ethyl adjacent to an activating group) is 1. The number of hydrogen-bond donors (Lipinski definition) is 0. The van der Waals surface area contributed by atoms with Crippen molar-refractivity contribution in [3.8, 4) is 5.75 Å². The number of ether oxygens (including phenoxy) is 1. The summed E-state index contributed by atoms with van der Waals surface area (Å²) in [5, 5.41) is 0.191. The Hall–Kier alpha value is -1.35. The number of piperazine rings is 1. The Kier molecular flexibility index (Phi) is 6.06. The second-order valence-electron chi connectivity index (χ2n) is 6.68. The number of nitrogens with zero attached hydrogens (tertiary/aromatic N) is 3. The van der Waals surface area contributed by atoms with E-state index in [0.29, 0.717) is 31.9 Å². The summed E-state index contributed by atoms with van der Waals surface area (Å²) in [6.07, 6.45) is 1.76. The number of carbonyl (C=O) groups excluding carboxylic acids is 1. The fourth-order valence-corrected chi connectivity index (χ4v) is 4.97. The zero-order valence-corrected chi connectivity index (χ0v) is 16.4. The summed E-state index contributed by atoms with van der Waals surface area (Å²) in [4.78, 5) is 16.3. The molecule has 7 nitrogen and oxygen atoms in total. The maximum absolute atomic E-state index is 12.6. The Balaban J connectivity index is 1.62. The lowest BCUT2D eigenvalue weighted by molar-refractivity contribution is -0.134. The monoisotopic (exact) mass is 401 g/mol. The molecular weight excluding hydrogens is 378 g/mol. The van der Waals surface area contributed by atoms with Crippen LogP contribution in [0.25, 0.3) is 0 Å². The molecule has 2 heterocycles. The van der Waals surface area contributed by atoms with E-state index in [1.54, 1.807) is 4.90 Å². The third kappa shape index (κ3) is 4.31. The number of benzene rings is 1. The highest BCUT2D eigenvalue weighted by Gasteiger charge is 2.28. The lowest BCUT2D eigenvalue weighted by atomic mass is 10.3. The van der Waals surface area contributed by atoms with Crippen LogP contribution in [0.3, 0.4) is 0 Å². The van der Waals surface area contributed by atoms with Gasteiger partial charge in [0, 0.05) is 39.3 Å². The molecule has 2 aliphatic heterocycles. The smallest absolute Gasteiger partial charge is 0.260 e. The Morgan fingerprint density at radius 3 is 2.38 bits per heavy atom. The standard InChI is InChI=1S/C17H24ClN3O4S/c1-19-8-10-20(11-9-19)17(22)13-25-16-5-4-14(12-15(16)18)26(23,24)21-6-2-3-7-21/h4-5,12H,2-3,6-11,13H2,1H3. The molecule has 0 spiro atoms. The molecule has 1 aromatic carbocycles. The number of sulfonamides is 1. The van der Waals surface area contributed by atoms with Gasteiger partial charge in [0.15, 0.2) is 6.61 Å². The molecule has 0 saturated carbocycles. The Labute approximate surface area is 159 Å². The molecule has 0 atom stereocenters. The van der Waals surface area contributed by atoms with Crippen molar-refractivity contribution in [3.05, 3.63) is 23.2 Å². The fourth-order valence-electron chi connectivity index (χ4n) is 3.12. The largest absolute Gasteiger partial charge is 0.482 e. The van der Waals surface area contributed by atoms with E-state index >= 15 is 0 Å². The molecule has 144 valence electrons. The first-order valence-electron chi connectivity index (χ1n) is 8.77. The molecule has 3 rings (SSSR count).